The lowest BCUT2D eigenvalue weighted by Gasteiger charge is -2.12. The third-order valence-corrected chi connectivity index (χ3v) is 3.44. The summed E-state index contributed by atoms with van der Waals surface area (Å²) >= 11 is 0. The Morgan fingerprint density at radius 2 is 1.74 bits per heavy atom. The number of nitrogens with zero attached hydrogens (tertiary/aromatic N) is 1. The van der Waals surface area contributed by atoms with Crippen molar-refractivity contribution in [3.8, 4) is 0 Å². The molecule has 2 rings (SSSR count). The normalized spacial score (nSPS) is 11.4. The Hall–Kier alpha value is -2.37. The van der Waals surface area contributed by atoms with Gasteiger partial charge in [0, 0.05) is 5.69 Å². The summed E-state index contributed by atoms with van der Waals surface area (Å²) in [4.78, 5) is 16.4. The van der Waals surface area contributed by atoms with Crippen LogP contribution in [-0.2, 0) is 17.4 Å². The number of hydrogen-bond acceptors (Lipinski definition) is 2. The Morgan fingerprint density at radius 3 is 2.26 bits per heavy atom. The van der Waals surface area contributed by atoms with Crippen LogP contribution in [0.15, 0.2) is 30.3 Å². The van der Waals surface area contributed by atoms with Gasteiger partial charge in [-0.15, -0.1) is 0 Å². The van der Waals surface area contributed by atoms with Crippen molar-refractivity contribution in [1.29, 1.82) is 0 Å². The molecule has 1 aromatic heterocycles. The number of benzene rings is 1. The largest absolute Gasteiger partial charge is 0.416 e. The molecule has 0 unspecified atom stereocenters. The Bertz CT molecular complexity index is 699. The number of alkyl halides is 3. The van der Waals surface area contributed by atoms with Crippen molar-refractivity contribution in [2.45, 2.75) is 33.4 Å². The first kappa shape index (κ1) is 17.0. The maximum Gasteiger partial charge on any atom is 0.416 e. The molecule has 2 aromatic rings. The third kappa shape index (κ3) is 4.31. The first-order valence-corrected chi connectivity index (χ1v) is 7.07. The number of pyridine rings is 1. The highest BCUT2D eigenvalue weighted by Gasteiger charge is 2.29. The van der Waals surface area contributed by atoms with Crippen LogP contribution >= 0.6 is 0 Å². The number of carbonyl (C=O) groups excluding carboxylic acids is 1. The predicted molar refractivity (Wildman–Crippen MR) is 82.2 cm³/mol. The van der Waals surface area contributed by atoms with E-state index in [1.165, 1.54) is 12.1 Å². The zero-order valence-electron chi connectivity index (χ0n) is 13.1. The summed E-state index contributed by atoms with van der Waals surface area (Å²) < 4.78 is 37.5. The van der Waals surface area contributed by atoms with Gasteiger partial charge in [-0.1, -0.05) is 12.1 Å². The molecule has 1 aromatic carbocycles. The van der Waals surface area contributed by atoms with Gasteiger partial charge in [0.05, 0.1) is 23.4 Å². The van der Waals surface area contributed by atoms with Gasteiger partial charge in [0.25, 0.3) is 0 Å². The predicted octanol–water partition coefficient (Wildman–Crippen LogP) is 4.21. The minimum atomic E-state index is -4.37. The van der Waals surface area contributed by atoms with E-state index in [0.29, 0.717) is 16.9 Å². The molecule has 6 heteroatoms. The zero-order valence-corrected chi connectivity index (χ0v) is 13.1. The summed E-state index contributed by atoms with van der Waals surface area (Å²) in [5.74, 6) is -0.290. The lowest BCUT2D eigenvalue weighted by molar-refractivity contribution is -0.137. The van der Waals surface area contributed by atoms with Gasteiger partial charge < -0.3 is 5.32 Å². The lowest BCUT2D eigenvalue weighted by Crippen LogP contribution is -2.17. The van der Waals surface area contributed by atoms with Crippen LogP contribution in [0, 0.1) is 20.8 Å². The number of halogens is 3. The van der Waals surface area contributed by atoms with E-state index < -0.39 is 11.7 Å². The molecular weight excluding hydrogens is 305 g/mol. The molecule has 0 bridgehead atoms. The van der Waals surface area contributed by atoms with Gasteiger partial charge in [-0.05, 0) is 50.1 Å². The van der Waals surface area contributed by atoms with Crippen LogP contribution in [0.1, 0.15) is 28.1 Å². The summed E-state index contributed by atoms with van der Waals surface area (Å²) in [6, 6.07) is 6.45. The standard InChI is InChI=1S/C17H17F3N2O/c1-10-8-11(2)21-12(3)16(10)22-15(23)9-13-4-6-14(7-5-13)17(18,19)20/h4-8H,9H2,1-3H3,(H,22,23). The van der Waals surface area contributed by atoms with Gasteiger partial charge in [0.15, 0.2) is 0 Å². The second kappa shape index (κ2) is 6.40. The number of nitrogens with one attached hydrogen (secondary N) is 1. The van der Waals surface area contributed by atoms with Gasteiger partial charge in [-0.25, -0.2) is 0 Å². The molecule has 0 aliphatic rings. The fourth-order valence-corrected chi connectivity index (χ4v) is 2.39. The second-order valence-corrected chi connectivity index (χ2v) is 5.46. The third-order valence-electron chi connectivity index (χ3n) is 3.44. The number of rotatable bonds is 3. The summed E-state index contributed by atoms with van der Waals surface area (Å²) in [7, 11) is 0. The molecule has 0 saturated carbocycles. The maximum atomic E-state index is 12.5. The fourth-order valence-electron chi connectivity index (χ4n) is 2.39. The van der Waals surface area contributed by atoms with E-state index in [2.05, 4.69) is 10.3 Å². The number of aryl methyl sites for hydroxylation is 3. The molecule has 0 atom stereocenters. The highest BCUT2D eigenvalue weighted by atomic mass is 19.4. The summed E-state index contributed by atoms with van der Waals surface area (Å²) in [5, 5.41) is 2.78. The molecule has 3 nitrogen and oxygen atoms in total. The van der Waals surface area contributed by atoms with Gasteiger partial charge in [-0.3, -0.25) is 9.78 Å². The van der Waals surface area contributed by atoms with Crippen LogP contribution in [0.4, 0.5) is 18.9 Å². The number of carbonyl (C=O) groups is 1. The molecule has 0 spiro atoms. The molecule has 1 N–H and O–H groups in total. The molecule has 0 saturated heterocycles. The van der Waals surface area contributed by atoms with Crippen LogP contribution < -0.4 is 5.32 Å². The average molecular weight is 322 g/mol. The SMILES string of the molecule is Cc1cc(C)c(NC(=O)Cc2ccc(C(F)(F)F)cc2)c(C)n1. The van der Waals surface area contributed by atoms with Gasteiger partial charge in [0.2, 0.25) is 5.91 Å². The van der Waals surface area contributed by atoms with Crippen molar-refractivity contribution >= 4 is 11.6 Å². The Labute approximate surface area is 132 Å². The summed E-state index contributed by atoms with van der Waals surface area (Å²) in [6.07, 6.45) is -4.37. The molecule has 1 amide bonds. The number of amides is 1. The highest BCUT2D eigenvalue weighted by molar-refractivity contribution is 5.93. The zero-order chi connectivity index (χ0) is 17.2. The Morgan fingerprint density at radius 1 is 1.13 bits per heavy atom. The molecule has 0 aliphatic carbocycles. The first-order chi connectivity index (χ1) is 10.7. The lowest BCUT2D eigenvalue weighted by atomic mass is 10.1. The quantitative estimate of drug-likeness (QED) is 0.920. The molecule has 1 heterocycles. The van der Waals surface area contributed by atoms with Crippen LogP contribution in [-0.4, -0.2) is 10.9 Å². The molecule has 0 radical (unpaired) electrons. The van der Waals surface area contributed by atoms with Gasteiger partial charge in [0.1, 0.15) is 0 Å². The molecule has 0 fully saturated rings. The first-order valence-electron chi connectivity index (χ1n) is 7.07. The topological polar surface area (TPSA) is 42.0 Å². The fraction of sp³-hybridized carbons (Fsp3) is 0.294. The van der Waals surface area contributed by atoms with E-state index in [1.54, 1.807) is 6.92 Å². The van der Waals surface area contributed by atoms with Gasteiger partial charge in [-0.2, -0.15) is 13.2 Å². The van der Waals surface area contributed by atoms with Crippen molar-refractivity contribution < 1.29 is 18.0 Å². The number of aromatic nitrogens is 1. The van der Waals surface area contributed by atoms with Crippen LogP contribution in [0.2, 0.25) is 0 Å². The van der Waals surface area contributed by atoms with Crippen molar-refractivity contribution in [3.63, 3.8) is 0 Å². The van der Waals surface area contributed by atoms with Crippen molar-refractivity contribution in [2.75, 3.05) is 5.32 Å². The minimum Gasteiger partial charge on any atom is -0.324 e. The maximum absolute atomic E-state index is 12.5. The van der Waals surface area contributed by atoms with E-state index >= 15 is 0 Å². The van der Waals surface area contributed by atoms with E-state index in [4.69, 9.17) is 0 Å². The smallest absolute Gasteiger partial charge is 0.324 e. The van der Waals surface area contributed by atoms with Gasteiger partial charge >= 0.3 is 6.18 Å². The van der Waals surface area contributed by atoms with Crippen LogP contribution in [0.25, 0.3) is 0 Å². The molecule has 122 valence electrons. The summed E-state index contributed by atoms with van der Waals surface area (Å²) in [5.41, 5.74) is 2.91. The molecule has 23 heavy (non-hydrogen) atoms. The second-order valence-electron chi connectivity index (χ2n) is 5.46. The van der Waals surface area contributed by atoms with Crippen molar-refractivity contribution in [3.05, 3.63) is 58.4 Å². The summed E-state index contributed by atoms with van der Waals surface area (Å²) in [6.45, 7) is 5.54. The van der Waals surface area contributed by atoms with Crippen molar-refractivity contribution in [1.82, 2.24) is 4.98 Å². The Kier molecular flexibility index (Phi) is 4.73. The van der Waals surface area contributed by atoms with Crippen molar-refractivity contribution in [2.24, 2.45) is 0 Å². The van der Waals surface area contributed by atoms with Crippen LogP contribution in [0.3, 0.4) is 0 Å². The van der Waals surface area contributed by atoms with E-state index in [-0.39, 0.29) is 12.3 Å². The van der Waals surface area contributed by atoms with Crippen LogP contribution in [0.5, 0.6) is 0 Å². The number of anilines is 1. The Balaban J connectivity index is 2.08. The minimum absolute atomic E-state index is 0.00485. The van der Waals surface area contributed by atoms with E-state index in [0.717, 1.165) is 23.4 Å². The highest BCUT2D eigenvalue weighted by Crippen LogP contribution is 2.29. The van der Waals surface area contributed by atoms with E-state index in [1.807, 2.05) is 19.9 Å². The monoisotopic (exact) mass is 322 g/mol. The van der Waals surface area contributed by atoms with E-state index in [9.17, 15) is 18.0 Å². The average Bonchev–Trinajstić information content (AvgIpc) is 2.42. The number of hydrogen-bond donors (Lipinski definition) is 1. The molecule has 0 aliphatic heterocycles. The molecular formula is C17H17F3N2O.